The summed E-state index contributed by atoms with van der Waals surface area (Å²) >= 11 is 0. The molecule has 1 unspecified atom stereocenters. The molecule has 1 saturated heterocycles. The Balaban J connectivity index is 1.27. The predicted octanol–water partition coefficient (Wildman–Crippen LogP) is 4.07. The second-order valence-electron chi connectivity index (χ2n) is 7.82. The van der Waals surface area contributed by atoms with E-state index >= 15 is 0 Å². The molecular weight excluding hydrogens is 388 g/mol. The molecule has 3 aromatic carbocycles. The third-order valence-corrected chi connectivity index (χ3v) is 5.60. The van der Waals surface area contributed by atoms with Crippen LogP contribution in [0, 0.1) is 5.92 Å². The van der Waals surface area contributed by atoms with Crippen molar-refractivity contribution in [2.45, 2.75) is 12.8 Å². The van der Waals surface area contributed by atoms with E-state index in [0.29, 0.717) is 25.9 Å². The zero-order chi connectivity index (χ0) is 21.6. The number of amides is 2. The van der Waals surface area contributed by atoms with Crippen LogP contribution in [0.3, 0.4) is 0 Å². The molecule has 0 aliphatic carbocycles. The molecule has 1 N–H and O–H groups in total. The van der Waals surface area contributed by atoms with Crippen LogP contribution >= 0.6 is 0 Å². The Morgan fingerprint density at radius 1 is 0.968 bits per heavy atom. The molecule has 1 heterocycles. The Morgan fingerprint density at radius 2 is 1.65 bits per heavy atom. The molecule has 0 saturated carbocycles. The van der Waals surface area contributed by atoms with Crippen molar-refractivity contribution in [3.63, 3.8) is 0 Å². The normalized spacial score (nSPS) is 15.7. The first-order chi connectivity index (χ1) is 15.1. The first kappa shape index (κ1) is 20.7. The van der Waals surface area contributed by atoms with E-state index in [0.717, 1.165) is 28.1 Å². The Hall–Kier alpha value is -3.60. The van der Waals surface area contributed by atoms with Gasteiger partial charge in [-0.05, 0) is 41.0 Å². The molecule has 1 aliphatic rings. The number of carbonyl (C=O) groups excluding carboxylic acids is 2. The molecule has 0 aromatic heterocycles. The van der Waals surface area contributed by atoms with Crippen molar-refractivity contribution in [3.05, 3.63) is 84.4 Å². The lowest BCUT2D eigenvalue weighted by Gasteiger charge is -2.17. The maximum absolute atomic E-state index is 12.4. The molecule has 0 bridgehead atoms. The summed E-state index contributed by atoms with van der Waals surface area (Å²) in [6, 6.07) is 25.7. The molecule has 1 atom stereocenters. The second-order valence-corrected chi connectivity index (χ2v) is 7.82. The third-order valence-electron chi connectivity index (χ3n) is 5.60. The van der Waals surface area contributed by atoms with Gasteiger partial charge < -0.3 is 15.0 Å². The lowest BCUT2D eigenvalue weighted by atomic mass is 10.0. The average Bonchev–Trinajstić information content (AvgIpc) is 3.19. The maximum Gasteiger partial charge on any atom is 0.227 e. The minimum Gasteiger partial charge on any atom is -0.497 e. The van der Waals surface area contributed by atoms with E-state index in [1.165, 1.54) is 0 Å². The van der Waals surface area contributed by atoms with Gasteiger partial charge in [0, 0.05) is 31.1 Å². The van der Waals surface area contributed by atoms with Crippen LogP contribution in [0.15, 0.2) is 78.9 Å². The van der Waals surface area contributed by atoms with Crippen molar-refractivity contribution in [2.75, 3.05) is 25.1 Å². The van der Waals surface area contributed by atoms with Gasteiger partial charge in [-0.1, -0.05) is 54.6 Å². The molecule has 31 heavy (non-hydrogen) atoms. The topological polar surface area (TPSA) is 58.6 Å². The first-order valence-electron chi connectivity index (χ1n) is 10.5. The molecule has 1 fully saturated rings. The number of benzene rings is 3. The number of rotatable bonds is 7. The first-order valence-corrected chi connectivity index (χ1v) is 10.5. The van der Waals surface area contributed by atoms with Crippen LogP contribution in [0.4, 0.5) is 5.69 Å². The number of nitrogens with one attached hydrogen (secondary N) is 1. The molecule has 5 heteroatoms. The van der Waals surface area contributed by atoms with E-state index in [1.54, 1.807) is 12.0 Å². The van der Waals surface area contributed by atoms with E-state index in [9.17, 15) is 9.59 Å². The molecular formula is C26H26N2O3. The fourth-order valence-corrected chi connectivity index (χ4v) is 3.88. The molecule has 0 radical (unpaired) electrons. The zero-order valence-electron chi connectivity index (χ0n) is 17.6. The van der Waals surface area contributed by atoms with E-state index in [2.05, 4.69) is 17.4 Å². The van der Waals surface area contributed by atoms with Crippen LogP contribution in [0.1, 0.15) is 12.0 Å². The number of hydrogen-bond acceptors (Lipinski definition) is 3. The van der Waals surface area contributed by atoms with Crippen LogP contribution in [-0.4, -0.2) is 32.0 Å². The van der Waals surface area contributed by atoms with Crippen LogP contribution in [0.2, 0.25) is 0 Å². The highest BCUT2D eigenvalue weighted by atomic mass is 16.5. The summed E-state index contributed by atoms with van der Waals surface area (Å²) in [5, 5.41) is 2.99. The van der Waals surface area contributed by atoms with Gasteiger partial charge in [0.2, 0.25) is 11.8 Å². The average molecular weight is 415 g/mol. The fourth-order valence-electron chi connectivity index (χ4n) is 3.88. The SMILES string of the molecule is COc1ccc(N2CC(CNC(=O)Cc3ccc(-c4ccccc4)cc3)CC2=O)cc1. The summed E-state index contributed by atoms with van der Waals surface area (Å²) in [6.45, 7) is 1.11. The van der Waals surface area contributed by atoms with Gasteiger partial charge in [0.25, 0.3) is 0 Å². The zero-order valence-corrected chi connectivity index (χ0v) is 17.6. The van der Waals surface area contributed by atoms with Gasteiger partial charge in [-0.3, -0.25) is 9.59 Å². The van der Waals surface area contributed by atoms with Crippen molar-refractivity contribution in [1.29, 1.82) is 0 Å². The minimum atomic E-state index is -0.0252. The Kier molecular flexibility index (Phi) is 6.32. The van der Waals surface area contributed by atoms with Gasteiger partial charge in [-0.25, -0.2) is 0 Å². The Bertz CT molecular complexity index is 1030. The van der Waals surface area contributed by atoms with Crippen molar-refractivity contribution in [2.24, 2.45) is 5.92 Å². The molecule has 4 rings (SSSR count). The van der Waals surface area contributed by atoms with Crippen molar-refractivity contribution in [3.8, 4) is 16.9 Å². The lowest BCUT2D eigenvalue weighted by molar-refractivity contribution is -0.121. The summed E-state index contributed by atoms with van der Waals surface area (Å²) in [4.78, 5) is 26.6. The molecule has 158 valence electrons. The number of hydrogen-bond donors (Lipinski definition) is 1. The molecule has 1 aliphatic heterocycles. The Morgan fingerprint density at radius 3 is 2.32 bits per heavy atom. The van der Waals surface area contributed by atoms with Crippen molar-refractivity contribution in [1.82, 2.24) is 5.32 Å². The summed E-state index contributed by atoms with van der Waals surface area (Å²) in [7, 11) is 1.62. The van der Waals surface area contributed by atoms with E-state index in [1.807, 2.05) is 66.7 Å². The van der Waals surface area contributed by atoms with E-state index < -0.39 is 0 Å². The van der Waals surface area contributed by atoms with Gasteiger partial charge >= 0.3 is 0 Å². The van der Waals surface area contributed by atoms with Crippen LogP contribution < -0.4 is 15.0 Å². The summed E-state index contributed by atoms with van der Waals surface area (Å²) in [5.74, 6) is 0.929. The number of methoxy groups -OCH3 is 1. The largest absolute Gasteiger partial charge is 0.497 e. The molecule has 2 amide bonds. The maximum atomic E-state index is 12.4. The minimum absolute atomic E-state index is 0.0252. The number of nitrogens with zero attached hydrogens (tertiary/aromatic N) is 1. The monoisotopic (exact) mass is 414 g/mol. The highest BCUT2D eigenvalue weighted by Crippen LogP contribution is 2.26. The standard InChI is InChI=1S/C26H26N2O3/c1-31-24-13-11-23(12-14-24)28-18-20(16-26(28)30)17-27-25(29)15-19-7-9-22(10-8-19)21-5-3-2-4-6-21/h2-14,20H,15-18H2,1H3,(H,27,29). The van der Waals surface area contributed by atoms with Crippen LogP contribution in [-0.2, 0) is 16.0 Å². The van der Waals surface area contributed by atoms with Gasteiger partial charge in [0.05, 0.1) is 13.5 Å². The van der Waals surface area contributed by atoms with Gasteiger partial charge in [-0.15, -0.1) is 0 Å². The highest BCUT2D eigenvalue weighted by Gasteiger charge is 2.30. The molecule has 3 aromatic rings. The van der Waals surface area contributed by atoms with Gasteiger partial charge in [-0.2, -0.15) is 0 Å². The van der Waals surface area contributed by atoms with Gasteiger partial charge in [0.1, 0.15) is 5.75 Å². The fraction of sp³-hybridized carbons (Fsp3) is 0.231. The Labute approximate surface area is 182 Å². The second kappa shape index (κ2) is 9.47. The van der Waals surface area contributed by atoms with E-state index in [-0.39, 0.29) is 17.7 Å². The molecule has 0 spiro atoms. The lowest BCUT2D eigenvalue weighted by Crippen LogP contribution is -2.32. The quantitative estimate of drug-likeness (QED) is 0.634. The van der Waals surface area contributed by atoms with E-state index in [4.69, 9.17) is 4.74 Å². The molecule has 5 nitrogen and oxygen atoms in total. The number of ether oxygens (including phenoxy) is 1. The highest BCUT2D eigenvalue weighted by molar-refractivity contribution is 5.95. The summed E-state index contributed by atoms with van der Waals surface area (Å²) < 4.78 is 5.17. The van der Waals surface area contributed by atoms with Gasteiger partial charge in [0.15, 0.2) is 0 Å². The van der Waals surface area contributed by atoms with Crippen LogP contribution in [0.5, 0.6) is 5.75 Å². The predicted molar refractivity (Wildman–Crippen MR) is 122 cm³/mol. The smallest absolute Gasteiger partial charge is 0.227 e. The van der Waals surface area contributed by atoms with Crippen LogP contribution in [0.25, 0.3) is 11.1 Å². The summed E-state index contributed by atoms with van der Waals surface area (Å²) in [6.07, 6.45) is 0.774. The number of anilines is 1. The van der Waals surface area contributed by atoms with Crippen molar-refractivity contribution >= 4 is 17.5 Å². The van der Waals surface area contributed by atoms with Crippen molar-refractivity contribution < 1.29 is 14.3 Å². The summed E-state index contributed by atoms with van der Waals surface area (Å²) in [5.41, 5.74) is 4.12. The number of carbonyl (C=O) groups is 2. The third kappa shape index (κ3) is 5.12.